The third-order valence-corrected chi connectivity index (χ3v) is 6.76. The summed E-state index contributed by atoms with van der Waals surface area (Å²) in [5, 5.41) is 7.38. The molecule has 33 heavy (non-hydrogen) atoms. The molecule has 5 rings (SSSR count). The van der Waals surface area contributed by atoms with Gasteiger partial charge in [-0.3, -0.25) is 4.79 Å². The van der Waals surface area contributed by atoms with E-state index in [1.165, 1.54) is 12.8 Å². The second-order valence-electron chi connectivity index (χ2n) is 8.00. The molecule has 3 aromatic heterocycles. The summed E-state index contributed by atoms with van der Waals surface area (Å²) in [6.07, 6.45) is -2.39. The molecule has 1 aliphatic heterocycles. The number of carbonyl (C=O) groups is 1. The van der Waals surface area contributed by atoms with E-state index in [1.807, 2.05) is 12.1 Å². The molecule has 8 nitrogen and oxygen atoms in total. The summed E-state index contributed by atoms with van der Waals surface area (Å²) in [6.45, 7) is 5.26. The van der Waals surface area contributed by atoms with Crippen LogP contribution in [0.1, 0.15) is 35.6 Å². The minimum Gasteiger partial charge on any atom is -0.348 e. The van der Waals surface area contributed by atoms with Crippen LogP contribution in [0.3, 0.4) is 0 Å². The minimum atomic E-state index is -4.67. The van der Waals surface area contributed by atoms with Gasteiger partial charge in [-0.1, -0.05) is 11.3 Å². The van der Waals surface area contributed by atoms with Crippen LogP contribution in [-0.2, 0) is 17.4 Å². The average Bonchev–Trinajstić information content (AvgIpc) is 3.48. The highest BCUT2D eigenvalue weighted by molar-refractivity contribution is 7.22. The molecule has 1 aliphatic rings. The standard InChI is InChI=1S/C21H20F3N7OS/c1-11-14(12(2)31-19(25-11)28-18(29-31)21(22,23)24)10-17(32)26-13-5-6-15-16(9-13)33-20(27-15)30-7-3-4-8-30/h5-6,9H,3-4,7-8,10H2,1-2H3,(H,26,32). The summed E-state index contributed by atoms with van der Waals surface area (Å²) in [6, 6.07) is 5.56. The fraction of sp³-hybridized carbons (Fsp3) is 0.381. The average molecular weight is 476 g/mol. The minimum absolute atomic E-state index is 0.0540. The largest absolute Gasteiger partial charge is 0.453 e. The number of amides is 1. The Balaban J connectivity index is 1.36. The second kappa shape index (κ2) is 7.94. The Hall–Kier alpha value is -3.28. The Morgan fingerprint density at radius 1 is 1.15 bits per heavy atom. The molecule has 0 atom stereocenters. The summed E-state index contributed by atoms with van der Waals surface area (Å²) >= 11 is 1.59. The molecular formula is C21H20F3N7OS. The van der Waals surface area contributed by atoms with Crippen molar-refractivity contribution >= 4 is 44.1 Å². The highest BCUT2D eigenvalue weighted by Gasteiger charge is 2.37. The lowest BCUT2D eigenvalue weighted by molar-refractivity contribution is -0.144. The van der Waals surface area contributed by atoms with Crippen molar-refractivity contribution in [2.75, 3.05) is 23.3 Å². The first-order valence-electron chi connectivity index (χ1n) is 10.4. The van der Waals surface area contributed by atoms with Crippen LogP contribution in [0, 0.1) is 13.8 Å². The maximum absolute atomic E-state index is 13.0. The highest BCUT2D eigenvalue weighted by Crippen LogP contribution is 2.32. The summed E-state index contributed by atoms with van der Waals surface area (Å²) < 4.78 is 40.9. The lowest BCUT2D eigenvalue weighted by atomic mass is 10.1. The van der Waals surface area contributed by atoms with Gasteiger partial charge in [0.05, 0.1) is 16.6 Å². The van der Waals surface area contributed by atoms with Crippen LogP contribution in [0.5, 0.6) is 0 Å². The van der Waals surface area contributed by atoms with Gasteiger partial charge in [-0.25, -0.2) is 14.5 Å². The highest BCUT2D eigenvalue weighted by atomic mass is 32.1. The molecule has 0 radical (unpaired) electrons. The quantitative estimate of drug-likeness (QED) is 0.477. The van der Waals surface area contributed by atoms with Crippen molar-refractivity contribution in [1.82, 2.24) is 24.6 Å². The molecule has 1 amide bonds. The fourth-order valence-corrected chi connectivity index (χ4v) is 5.04. The zero-order valence-corrected chi connectivity index (χ0v) is 18.7. The van der Waals surface area contributed by atoms with Gasteiger partial charge in [-0.2, -0.15) is 18.2 Å². The van der Waals surface area contributed by atoms with E-state index in [4.69, 9.17) is 0 Å². The number of carbonyl (C=O) groups excluding carboxylic acids is 1. The van der Waals surface area contributed by atoms with Crippen molar-refractivity contribution in [2.24, 2.45) is 0 Å². The number of benzene rings is 1. The fourth-order valence-electron chi connectivity index (χ4n) is 3.98. The van der Waals surface area contributed by atoms with Crippen molar-refractivity contribution < 1.29 is 18.0 Å². The molecule has 12 heteroatoms. The van der Waals surface area contributed by atoms with Crippen LogP contribution < -0.4 is 10.2 Å². The van der Waals surface area contributed by atoms with Crippen molar-refractivity contribution in [2.45, 2.75) is 39.3 Å². The van der Waals surface area contributed by atoms with E-state index >= 15 is 0 Å². The second-order valence-corrected chi connectivity index (χ2v) is 9.01. The third kappa shape index (κ3) is 4.10. The number of halogens is 3. The number of hydrogen-bond donors (Lipinski definition) is 1. The first kappa shape index (κ1) is 21.6. The van der Waals surface area contributed by atoms with E-state index < -0.39 is 12.0 Å². The first-order valence-corrected chi connectivity index (χ1v) is 11.3. The van der Waals surface area contributed by atoms with Crippen LogP contribution >= 0.6 is 11.3 Å². The van der Waals surface area contributed by atoms with Crippen molar-refractivity contribution in [3.05, 3.63) is 41.0 Å². The Bertz CT molecular complexity index is 1370. The molecular weight excluding hydrogens is 455 g/mol. The summed E-state index contributed by atoms with van der Waals surface area (Å²) in [7, 11) is 0. The van der Waals surface area contributed by atoms with Gasteiger partial charge < -0.3 is 10.2 Å². The Morgan fingerprint density at radius 3 is 2.64 bits per heavy atom. The molecule has 0 spiro atoms. The number of rotatable bonds is 4. The zero-order chi connectivity index (χ0) is 23.3. The normalized spacial score (nSPS) is 14.5. The topological polar surface area (TPSA) is 88.3 Å². The van der Waals surface area contributed by atoms with Gasteiger partial charge >= 0.3 is 6.18 Å². The number of aromatic nitrogens is 5. The molecule has 1 fully saturated rings. The van der Waals surface area contributed by atoms with Crippen LogP contribution in [-0.4, -0.2) is 43.6 Å². The van der Waals surface area contributed by atoms with Crippen molar-refractivity contribution in [3.63, 3.8) is 0 Å². The van der Waals surface area contributed by atoms with Crippen LogP contribution in [0.25, 0.3) is 16.0 Å². The zero-order valence-electron chi connectivity index (χ0n) is 17.9. The van der Waals surface area contributed by atoms with Crippen LogP contribution in [0.2, 0.25) is 0 Å². The number of alkyl halides is 3. The molecule has 0 saturated carbocycles. The lowest BCUT2D eigenvalue weighted by Crippen LogP contribution is -2.17. The lowest BCUT2D eigenvalue weighted by Gasteiger charge is -2.11. The molecule has 4 heterocycles. The molecule has 0 unspecified atom stereocenters. The number of fused-ring (bicyclic) bond motifs is 2. The van der Waals surface area contributed by atoms with E-state index in [9.17, 15) is 18.0 Å². The number of anilines is 2. The molecule has 172 valence electrons. The molecule has 4 aromatic rings. The van der Waals surface area contributed by atoms with Crippen molar-refractivity contribution in [3.8, 4) is 0 Å². The van der Waals surface area contributed by atoms with E-state index in [1.54, 1.807) is 31.3 Å². The number of nitrogens with one attached hydrogen (secondary N) is 1. The molecule has 1 aromatic carbocycles. The van der Waals surface area contributed by atoms with Gasteiger partial charge in [0, 0.05) is 35.7 Å². The van der Waals surface area contributed by atoms with Gasteiger partial charge in [0.15, 0.2) is 5.13 Å². The Morgan fingerprint density at radius 2 is 1.91 bits per heavy atom. The summed E-state index contributed by atoms with van der Waals surface area (Å²) in [5.41, 5.74) is 2.85. The predicted molar refractivity (Wildman–Crippen MR) is 119 cm³/mol. The number of aryl methyl sites for hydroxylation is 2. The Labute approximate surface area is 190 Å². The molecule has 0 aliphatic carbocycles. The van der Waals surface area contributed by atoms with Gasteiger partial charge in [-0.05, 0) is 44.9 Å². The monoisotopic (exact) mass is 475 g/mol. The summed E-state index contributed by atoms with van der Waals surface area (Å²) in [5.74, 6) is -1.71. The maximum Gasteiger partial charge on any atom is 0.453 e. The van der Waals surface area contributed by atoms with E-state index in [-0.39, 0.29) is 18.1 Å². The van der Waals surface area contributed by atoms with E-state index in [2.05, 4.69) is 30.3 Å². The smallest absolute Gasteiger partial charge is 0.348 e. The van der Waals surface area contributed by atoms with Gasteiger partial charge in [0.1, 0.15) is 0 Å². The first-order chi connectivity index (χ1) is 15.7. The van der Waals surface area contributed by atoms with Gasteiger partial charge in [0.2, 0.25) is 5.91 Å². The maximum atomic E-state index is 13.0. The molecule has 0 bridgehead atoms. The van der Waals surface area contributed by atoms with E-state index in [0.717, 1.165) is 33.0 Å². The van der Waals surface area contributed by atoms with E-state index in [0.29, 0.717) is 22.6 Å². The SMILES string of the molecule is Cc1nc2nc(C(F)(F)F)nn2c(C)c1CC(=O)Nc1ccc2nc(N3CCCC3)sc2c1. The van der Waals surface area contributed by atoms with Gasteiger partial charge in [-0.15, -0.1) is 5.10 Å². The summed E-state index contributed by atoms with van der Waals surface area (Å²) in [4.78, 5) is 27.3. The Kier molecular flexibility index (Phi) is 5.19. The molecule has 1 saturated heterocycles. The third-order valence-electron chi connectivity index (χ3n) is 5.68. The number of thiazole rings is 1. The van der Waals surface area contributed by atoms with Crippen LogP contribution in [0.4, 0.5) is 24.0 Å². The van der Waals surface area contributed by atoms with Gasteiger partial charge in [0.25, 0.3) is 11.6 Å². The number of hydrogen-bond acceptors (Lipinski definition) is 7. The number of nitrogens with zero attached hydrogens (tertiary/aromatic N) is 6. The predicted octanol–water partition coefficient (Wildman–Crippen LogP) is 4.15. The van der Waals surface area contributed by atoms with Crippen LogP contribution in [0.15, 0.2) is 18.2 Å². The van der Waals surface area contributed by atoms with Crippen molar-refractivity contribution in [1.29, 1.82) is 0 Å². The molecule has 1 N–H and O–H groups in total.